The molecule has 0 aliphatic carbocycles. The van der Waals surface area contributed by atoms with Crippen molar-refractivity contribution >= 4 is 92.1 Å². The van der Waals surface area contributed by atoms with Gasteiger partial charge in [-0.1, -0.05) is 78.9 Å². The Morgan fingerprint density at radius 1 is 0.439 bits per heavy atom. The second-order valence-corrected chi connectivity index (χ2v) is 11.6. The van der Waals surface area contributed by atoms with Gasteiger partial charge in [0, 0.05) is 42.3 Å². The van der Waals surface area contributed by atoms with E-state index in [4.69, 9.17) is 4.42 Å². The Morgan fingerprint density at radius 3 is 2.10 bits per heavy atom. The third-order valence-electron chi connectivity index (χ3n) is 8.21. The van der Waals surface area contributed by atoms with Crippen molar-refractivity contribution in [3.05, 3.63) is 140 Å². The van der Waals surface area contributed by atoms with Gasteiger partial charge in [-0.05, 0) is 82.2 Å². The SMILES string of the molecule is c1ccc(N(c2ccc3c(ccc4cc5oc6ccccc6c5cc43)c2)c2cccc3sc4ccccc4c23)cc1. The summed E-state index contributed by atoms with van der Waals surface area (Å²) in [7, 11) is 0. The van der Waals surface area contributed by atoms with Crippen molar-refractivity contribution in [1.82, 2.24) is 0 Å². The van der Waals surface area contributed by atoms with Crippen LogP contribution in [0.25, 0.3) is 63.7 Å². The van der Waals surface area contributed by atoms with E-state index in [0.717, 1.165) is 33.3 Å². The second-order valence-electron chi connectivity index (χ2n) is 10.6. The Balaban J connectivity index is 1.29. The number of benzene rings is 7. The minimum Gasteiger partial charge on any atom is -0.456 e. The molecule has 0 atom stereocenters. The Kier molecular flexibility index (Phi) is 4.80. The molecule has 0 N–H and O–H groups in total. The molecule has 0 bridgehead atoms. The first-order valence-corrected chi connectivity index (χ1v) is 14.7. The Hall–Kier alpha value is -5.12. The van der Waals surface area contributed by atoms with Crippen molar-refractivity contribution < 1.29 is 4.42 Å². The minimum atomic E-state index is 0.929. The Morgan fingerprint density at radius 2 is 1.20 bits per heavy atom. The van der Waals surface area contributed by atoms with Crippen LogP contribution >= 0.6 is 11.3 Å². The summed E-state index contributed by atoms with van der Waals surface area (Å²) in [6, 6.07) is 50.2. The third kappa shape index (κ3) is 3.43. The molecule has 9 rings (SSSR count). The Bertz CT molecular complexity index is 2430. The maximum Gasteiger partial charge on any atom is 0.136 e. The Labute approximate surface area is 240 Å². The van der Waals surface area contributed by atoms with Crippen LogP contribution < -0.4 is 4.90 Å². The van der Waals surface area contributed by atoms with Crippen LogP contribution in [0.5, 0.6) is 0 Å². The highest BCUT2D eigenvalue weighted by Gasteiger charge is 2.19. The third-order valence-corrected chi connectivity index (χ3v) is 9.35. The first-order valence-electron chi connectivity index (χ1n) is 13.9. The van der Waals surface area contributed by atoms with E-state index in [9.17, 15) is 0 Å². The summed E-state index contributed by atoms with van der Waals surface area (Å²) in [5.74, 6) is 0. The summed E-state index contributed by atoms with van der Waals surface area (Å²) in [5.41, 5.74) is 5.33. The van der Waals surface area contributed by atoms with Gasteiger partial charge in [0.15, 0.2) is 0 Å². The molecular formula is C38H23NOS. The van der Waals surface area contributed by atoms with Crippen LogP contribution in [0.1, 0.15) is 0 Å². The molecule has 0 fully saturated rings. The minimum absolute atomic E-state index is 0.929. The molecule has 2 nitrogen and oxygen atoms in total. The molecule has 0 unspecified atom stereocenters. The van der Waals surface area contributed by atoms with E-state index in [1.807, 2.05) is 23.5 Å². The number of nitrogens with zero attached hydrogens (tertiary/aromatic N) is 1. The molecule has 0 amide bonds. The topological polar surface area (TPSA) is 16.4 Å². The number of para-hydroxylation sites is 2. The number of hydrogen-bond acceptors (Lipinski definition) is 3. The smallest absolute Gasteiger partial charge is 0.136 e. The highest BCUT2D eigenvalue weighted by atomic mass is 32.1. The fraction of sp³-hybridized carbons (Fsp3) is 0. The normalized spacial score (nSPS) is 11.9. The summed E-state index contributed by atoms with van der Waals surface area (Å²) in [5, 5.41) is 9.79. The van der Waals surface area contributed by atoms with Crippen LogP contribution in [0.3, 0.4) is 0 Å². The van der Waals surface area contributed by atoms with E-state index >= 15 is 0 Å². The van der Waals surface area contributed by atoms with Crippen molar-refractivity contribution in [2.75, 3.05) is 4.90 Å². The van der Waals surface area contributed by atoms with Crippen molar-refractivity contribution in [1.29, 1.82) is 0 Å². The molecule has 0 aliphatic heterocycles. The summed E-state index contributed by atoms with van der Waals surface area (Å²) in [6.45, 7) is 0. The number of anilines is 3. The number of fused-ring (bicyclic) bond motifs is 9. The molecule has 3 heteroatoms. The average Bonchev–Trinajstić information content (AvgIpc) is 3.59. The number of furan rings is 1. The fourth-order valence-electron chi connectivity index (χ4n) is 6.36. The van der Waals surface area contributed by atoms with Crippen LogP contribution in [0.2, 0.25) is 0 Å². The second kappa shape index (κ2) is 8.69. The van der Waals surface area contributed by atoms with Gasteiger partial charge in [-0.3, -0.25) is 0 Å². The van der Waals surface area contributed by atoms with Crippen molar-refractivity contribution in [3.63, 3.8) is 0 Å². The molecule has 9 aromatic rings. The molecular weight excluding hydrogens is 518 g/mol. The summed E-state index contributed by atoms with van der Waals surface area (Å²) in [6.07, 6.45) is 0. The van der Waals surface area contributed by atoms with Gasteiger partial charge >= 0.3 is 0 Å². The van der Waals surface area contributed by atoms with Gasteiger partial charge in [0.25, 0.3) is 0 Å². The van der Waals surface area contributed by atoms with Crippen molar-refractivity contribution in [2.24, 2.45) is 0 Å². The van der Waals surface area contributed by atoms with Gasteiger partial charge in [-0.2, -0.15) is 0 Å². The summed E-state index contributed by atoms with van der Waals surface area (Å²) < 4.78 is 8.78. The maximum atomic E-state index is 6.17. The molecule has 7 aromatic carbocycles. The van der Waals surface area contributed by atoms with E-state index in [1.54, 1.807) is 0 Å². The number of thiophene rings is 1. The zero-order valence-electron chi connectivity index (χ0n) is 22.0. The lowest BCUT2D eigenvalue weighted by Gasteiger charge is -2.27. The van der Waals surface area contributed by atoms with Gasteiger partial charge < -0.3 is 9.32 Å². The molecule has 0 aliphatic rings. The van der Waals surface area contributed by atoms with Gasteiger partial charge in [0.1, 0.15) is 11.2 Å². The largest absolute Gasteiger partial charge is 0.456 e. The standard InChI is InChI=1S/C38H23NOS/c1-2-9-26(10-3-1)39(33-13-8-16-37-38(33)30-12-5-7-15-36(30)41-37)27-19-20-28-24(21-27)17-18-25-22-35-32(23-31(25)28)29-11-4-6-14-34(29)40-35/h1-23H. The quantitative estimate of drug-likeness (QED) is 0.207. The zero-order chi connectivity index (χ0) is 26.9. The van der Waals surface area contributed by atoms with Gasteiger partial charge in [0.2, 0.25) is 0 Å². The van der Waals surface area contributed by atoms with Crippen LogP contribution in [-0.4, -0.2) is 0 Å². The lowest BCUT2D eigenvalue weighted by molar-refractivity contribution is 0.669. The van der Waals surface area contributed by atoms with E-state index < -0.39 is 0 Å². The molecule has 41 heavy (non-hydrogen) atoms. The molecule has 0 spiro atoms. The van der Waals surface area contributed by atoms with Gasteiger partial charge in [-0.25, -0.2) is 0 Å². The van der Waals surface area contributed by atoms with Crippen molar-refractivity contribution in [3.8, 4) is 0 Å². The monoisotopic (exact) mass is 541 g/mol. The number of hydrogen-bond donors (Lipinski definition) is 0. The molecule has 0 radical (unpaired) electrons. The van der Waals surface area contributed by atoms with E-state index in [-0.39, 0.29) is 0 Å². The highest BCUT2D eigenvalue weighted by Crippen LogP contribution is 2.45. The van der Waals surface area contributed by atoms with Crippen LogP contribution in [0.15, 0.2) is 144 Å². The van der Waals surface area contributed by atoms with Gasteiger partial charge in [-0.15, -0.1) is 11.3 Å². The van der Waals surface area contributed by atoms with Crippen molar-refractivity contribution in [2.45, 2.75) is 0 Å². The summed E-state index contributed by atoms with van der Waals surface area (Å²) in [4.78, 5) is 2.40. The van der Waals surface area contributed by atoms with Crippen LogP contribution in [0, 0.1) is 0 Å². The van der Waals surface area contributed by atoms with E-state index in [0.29, 0.717) is 0 Å². The first kappa shape index (κ1) is 22.7. The van der Waals surface area contributed by atoms with Crippen LogP contribution in [0.4, 0.5) is 17.1 Å². The molecule has 2 heterocycles. The highest BCUT2D eigenvalue weighted by molar-refractivity contribution is 7.26. The van der Waals surface area contributed by atoms with Crippen LogP contribution in [-0.2, 0) is 0 Å². The predicted molar refractivity (Wildman–Crippen MR) is 176 cm³/mol. The van der Waals surface area contributed by atoms with Gasteiger partial charge in [0.05, 0.1) is 5.69 Å². The van der Waals surface area contributed by atoms with E-state index in [1.165, 1.54) is 47.4 Å². The molecule has 0 saturated heterocycles. The first-order chi connectivity index (χ1) is 20.3. The van der Waals surface area contributed by atoms with E-state index in [2.05, 4.69) is 132 Å². The molecule has 0 saturated carbocycles. The number of rotatable bonds is 3. The molecule has 2 aromatic heterocycles. The fourth-order valence-corrected chi connectivity index (χ4v) is 7.48. The maximum absolute atomic E-state index is 6.17. The lowest BCUT2D eigenvalue weighted by atomic mass is 9.99. The lowest BCUT2D eigenvalue weighted by Crippen LogP contribution is -2.10. The molecule has 192 valence electrons. The predicted octanol–water partition coefficient (Wildman–Crippen LogP) is 11.7. The average molecular weight is 542 g/mol. The zero-order valence-corrected chi connectivity index (χ0v) is 22.9. The summed E-state index contributed by atoms with van der Waals surface area (Å²) >= 11 is 1.86.